The maximum Gasteiger partial charge on any atom is 0.419 e. The number of carbonyl (C=O) groups is 2. The van der Waals surface area contributed by atoms with E-state index >= 15 is 0 Å². The quantitative estimate of drug-likeness (QED) is 0.557. The summed E-state index contributed by atoms with van der Waals surface area (Å²) in [6.07, 6.45) is 0.594. The molecule has 0 fully saturated rings. The summed E-state index contributed by atoms with van der Waals surface area (Å²) in [6.45, 7) is 6.28. The highest BCUT2D eigenvalue weighted by molar-refractivity contribution is 5.95. The molecule has 1 heterocycles. The van der Waals surface area contributed by atoms with Crippen LogP contribution in [0, 0.1) is 0 Å². The lowest BCUT2D eigenvalue weighted by Gasteiger charge is -2.21. The van der Waals surface area contributed by atoms with Crippen molar-refractivity contribution < 1.29 is 14.0 Å². The fraction of sp³-hybridized carbons (Fsp3) is 0.318. The molecule has 0 spiro atoms. The molecule has 2 aromatic carbocycles. The Labute approximate surface area is 174 Å². The average molecular weight is 410 g/mol. The number of para-hydroxylation sites is 2. The van der Waals surface area contributed by atoms with E-state index in [1.54, 1.807) is 30.3 Å². The van der Waals surface area contributed by atoms with Crippen molar-refractivity contribution in [1.82, 2.24) is 15.4 Å². The number of amides is 2. The van der Waals surface area contributed by atoms with Gasteiger partial charge in [0.15, 0.2) is 5.58 Å². The zero-order chi connectivity index (χ0) is 21.5. The van der Waals surface area contributed by atoms with Crippen molar-refractivity contribution in [2.75, 3.05) is 18.0 Å². The molecule has 0 aliphatic carbocycles. The second-order valence-electron chi connectivity index (χ2n) is 6.81. The summed E-state index contributed by atoms with van der Waals surface area (Å²) in [7, 11) is 0. The van der Waals surface area contributed by atoms with Crippen LogP contribution in [-0.4, -0.2) is 29.5 Å². The molecule has 8 heteroatoms. The van der Waals surface area contributed by atoms with Crippen molar-refractivity contribution in [2.24, 2.45) is 0 Å². The normalized spacial score (nSPS) is 10.7. The number of nitrogens with zero attached hydrogens (tertiary/aromatic N) is 2. The molecule has 2 amide bonds. The molecule has 0 saturated carbocycles. The first-order chi connectivity index (χ1) is 14.5. The Bertz CT molecular complexity index is 1060. The summed E-state index contributed by atoms with van der Waals surface area (Å²) in [4.78, 5) is 38.4. The third-order valence-electron chi connectivity index (χ3n) is 4.93. The summed E-state index contributed by atoms with van der Waals surface area (Å²) >= 11 is 0. The van der Waals surface area contributed by atoms with E-state index in [1.807, 2.05) is 18.2 Å². The lowest BCUT2D eigenvalue weighted by molar-refractivity contribution is -0.122. The zero-order valence-electron chi connectivity index (χ0n) is 17.2. The smallest absolute Gasteiger partial charge is 0.408 e. The predicted molar refractivity (Wildman–Crippen MR) is 115 cm³/mol. The minimum Gasteiger partial charge on any atom is -0.408 e. The molecule has 3 aromatic rings. The van der Waals surface area contributed by atoms with Crippen molar-refractivity contribution in [2.45, 2.75) is 33.2 Å². The number of nitrogens with one attached hydrogen (secondary N) is 2. The van der Waals surface area contributed by atoms with Crippen LogP contribution in [0.4, 0.5) is 5.69 Å². The number of oxazole rings is 1. The van der Waals surface area contributed by atoms with Crippen molar-refractivity contribution >= 4 is 28.6 Å². The molecular weight excluding hydrogens is 384 g/mol. The summed E-state index contributed by atoms with van der Waals surface area (Å²) < 4.78 is 6.67. The largest absolute Gasteiger partial charge is 0.419 e. The monoisotopic (exact) mass is 410 g/mol. The Balaban J connectivity index is 1.47. The molecule has 0 unspecified atom stereocenters. The highest BCUT2D eigenvalue weighted by Gasteiger charge is 2.11. The van der Waals surface area contributed by atoms with Gasteiger partial charge in [0.05, 0.1) is 5.52 Å². The molecule has 0 aliphatic rings. The van der Waals surface area contributed by atoms with Crippen molar-refractivity contribution in [3.63, 3.8) is 0 Å². The fourth-order valence-electron chi connectivity index (χ4n) is 3.30. The second kappa shape index (κ2) is 9.78. The van der Waals surface area contributed by atoms with Crippen LogP contribution >= 0.6 is 0 Å². The van der Waals surface area contributed by atoms with E-state index in [4.69, 9.17) is 4.42 Å². The molecule has 0 atom stereocenters. The summed E-state index contributed by atoms with van der Waals surface area (Å²) in [5.41, 5.74) is 7.56. The minimum absolute atomic E-state index is 0.160. The van der Waals surface area contributed by atoms with Gasteiger partial charge in [0.25, 0.3) is 5.91 Å². The number of anilines is 1. The first-order valence-corrected chi connectivity index (χ1v) is 10.1. The molecule has 2 N–H and O–H groups in total. The maximum atomic E-state index is 12.2. The second-order valence-corrected chi connectivity index (χ2v) is 6.81. The number of fused-ring (bicyclic) bond motifs is 1. The molecule has 1 aromatic heterocycles. The van der Waals surface area contributed by atoms with Gasteiger partial charge in [0, 0.05) is 37.3 Å². The number of carbonyl (C=O) groups excluding carboxylic acids is 2. The van der Waals surface area contributed by atoms with Gasteiger partial charge in [0.2, 0.25) is 5.91 Å². The predicted octanol–water partition coefficient (Wildman–Crippen LogP) is 2.68. The lowest BCUT2D eigenvalue weighted by Crippen LogP contribution is -2.41. The fourth-order valence-corrected chi connectivity index (χ4v) is 3.30. The van der Waals surface area contributed by atoms with Gasteiger partial charge in [-0.15, -0.1) is 0 Å². The molecule has 8 nitrogen and oxygen atoms in total. The minimum atomic E-state index is -0.446. The van der Waals surface area contributed by atoms with Gasteiger partial charge in [0.1, 0.15) is 0 Å². The zero-order valence-corrected chi connectivity index (χ0v) is 17.2. The van der Waals surface area contributed by atoms with Gasteiger partial charge in [-0.05, 0) is 56.7 Å². The van der Waals surface area contributed by atoms with Gasteiger partial charge >= 0.3 is 5.76 Å². The average Bonchev–Trinajstić information content (AvgIpc) is 3.08. The Morgan fingerprint density at radius 2 is 1.70 bits per heavy atom. The van der Waals surface area contributed by atoms with Crippen LogP contribution in [0.3, 0.4) is 0 Å². The molecular formula is C22H26N4O4. The number of hydrogen-bond donors (Lipinski definition) is 2. The number of benzene rings is 2. The van der Waals surface area contributed by atoms with E-state index in [9.17, 15) is 14.4 Å². The maximum absolute atomic E-state index is 12.2. The van der Waals surface area contributed by atoms with Crippen LogP contribution in [0.5, 0.6) is 0 Å². The van der Waals surface area contributed by atoms with Crippen LogP contribution < -0.4 is 21.5 Å². The molecule has 0 bridgehead atoms. The molecule has 0 radical (unpaired) electrons. The first kappa shape index (κ1) is 21.2. The number of hydrogen-bond acceptors (Lipinski definition) is 5. The van der Waals surface area contributed by atoms with Gasteiger partial charge in [-0.25, -0.2) is 4.79 Å². The van der Waals surface area contributed by atoms with Gasteiger partial charge in [-0.1, -0.05) is 12.1 Å². The SMILES string of the molecule is CCN(CC)c1ccc(C(=O)NNC(=O)CCCn2c(=O)oc3ccccc32)cc1. The third kappa shape index (κ3) is 4.89. The van der Waals surface area contributed by atoms with Crippen LogP contribution in [-0.2, 0) is 11.3 Å². The van der Waals surface area contributed by atoms with Crippen molar-refractivity contribution in [3.05, 3.63) is 64.6 Å². The molecule has 3 rings (SSSR count). The number of rotatable bonds is 8. The Morgan fingerprint density at radius 3 is 2.40 bits per heavy atom. The molecule has 0 saturated heterocycles. The summed E-state index contributed by atoms with van der Waals surface area (Å²) in [5, 5.41) is 0. The van der Waals surface area contributed by atoms with E-state index in [0.717, 1.165) is 18.8 Å². The molecule has 158 valence electrons. The van der Waals surface area contributed by atoms with Crippen LogP contribution in [0.1, 0.15) is 37.0 Å². The first-order valence-electron chi connectivity index (χ1n) is 10.1. The number of aromatic nitrogens is 1. The third-order valence-corrected chi connectivity index (χ3v) is 4.93. The van der Waals surface area contributed by atoms with E-state index in [0.29, 0.717) is 29.6 Å². The van der Waals surface area contributed by atoms with Crippen molar-refractivity contribution in [1.29, 1.82) is 0 Å². The summed E-state index contributed by atoms with van der Waals surface area (Å²) in [5.74, 6) is -1.16. The van der Waals surface area contributed by atoms with Crippen LogP contribution in [0.2, 0.25) is 0 Å². The van der Waals surface area contributed by atoms with E-state index in [2.05, 4.69) is 29.6 Å². The number of aryl methyl sites for hydroxylation is 1. The lowest BCUT2D eigenvalue weighted by atomic mass is 10.2. The number of hydrazine groups is 1. The highest BCUT2D eigenvalue weighted by Crippen LogP contribution is 2.15. The van der Waals surface area contributed by atoms with E-state index < -0.39 is 5.76 Å². The Kier molecular flexibility index (Phi) is 6.90. The standard InChI is InChI=1S/C22H26N4O4/c1-3-25(4-2)17-13-11-16(12-14-17)21(28)24-23-20(27)10-7-15-26-18-8-5-6-9-19(18)30-22(26)29/h5-6,8-9,11-14H,3-4,7,10,15H2,1-2H3,(H,23,27)(H,24,28). The van der Waals surface area contributed by atoms with Crippen LogP contribution in [0.25, 0.3) is 11.1 Å². The van der Waals surface area contributed by atoms with Gasteiger partial charge in [-0.3, -0.25) is 25.0 Å². The van der Waals surface area contributed by atoms with E-state index in [-0.39, 0.29) is 18.2 Å². The Morgan fingerprint density at radius 1 is 1.00 bits per heavy atom. The van der Waals surface area contributed by atoms with Crippen molar-refractivity contribution in [3.8, 4) is 0 Å². The van der Waals surface area contributed by atoms with Crippen LogP contribution in [0.15, 0.2) is 57.7 Å². The van der Waals surface area contributed by atoms with Gasteiger partial charge < -0.3 is 9.32 Å². The molecule has 30 heavy (non-hydrogen) atoms. The summed E-state index contributed by atoms with van der Waals surface area (Å²) in [6, 6.07) is 14.4. The Hall–Kier alpha value is -3.55. The highest BCUT2D eigenvalue weighted by atomic mass is 16.4. The topological polar surface area (TPSA) is 96.6 Å². The van der Waals surface area contributed by atoms with E-state index in [1.165, 1.54) is 4.57 Å². The molecule has 0 aliphatic heterocycles. The van der Waals surface area contributed by atoms with Gasteiger partial charge in [-0.2, -0.15) is 0 Å².